The number of hydrogen-bond acceptors (Lipinski definition) is 4. The van der Waals surface area contributed by atoms with E-state index in [1.54, 1.807) is 0 Å². The average molecular weight is 279 g/mol. The zero-order chi connectivity index (χ0) is 14.5. The van der Waals surface area contributed by atoms with Crippen LogP contribution in [0.2, 0.25) is 0 Å². The van der Waals surface area contributed by atoms with Gasteiger partial charge in [-0.25, -0.2) is 0 Å². The summed E-state index contributed by atoms with van der Waals surface area (Å²) >= 11 is 0. The number of rotatable bonds is 6. The van der Waals surface area contributed by atoms with Crippen LogP contribution in [0, 0.1) is 0 Å². The second-order valence-corrected chi connectivity index (χ2v) is 6.37. The molecule has 1 N–H and O–H groups in total. The predicted molar refractivity (Wildman–Crippen MR) is 82.7 cm³/mol. The molecule has 1 aromatic rings. The van der Waals surface area contributed by atoms with E-state index in [0.717, 1.165) is 30.7 Å². The van der Waals surface area contributed by atoms with E-state index in [0.29, 0.717) is 6.04 Å². The van der Waals surface area contributed by atoms with E-state index >= 15 is 0 Å². The zero-order valence-corrected chi connectivity index (χ0v) is 13.4. The molecule has 4 heteroatoms. The van der Waals surface area contributed by atoms with Crippen molar-refractivity contribution in [1.82, 2.24) is 15.1 Å². The molecule has 1 aliphatic heterocycles. The van der Waals surface area contributed by atoms with E-state index in [1.165, 1.54) is 25.9 Å². The molecular weight excluding hydrogens is 250 g/mol. The Labute approximate surface area is 123 Å². The van der Waals surface area contributed by atoms with Crippen LogP contribution < -0.4 is 5.32 Å². The Bertz CT molecular complexity index is 392. The van der Waals surface area contributed by atoms with E-state index in [-0.39, 0.29) is 0 Å². The summed E-state index contributed by atoms with van der Waals surface area (Å²) in [6.45, 7) is 8.41. The molecule has 0 aromatic carbocycles. The zero-order valence-electron chi connectivity index (χ0n) is 13.4. The molecule has 0 spiro atoms. The molecule has 1 aromatic heterocycles. The van der Waals surface area contributed by atoms with Crippen LogP contribution >= 0.6 is 0 Å². The molecule has 0 bridgehead atoms. The van der Waals surface area contributed by atoms with Crippen LogP contribution in [-0.2, 0) is 13.1 Å². The van der Waals surface area contributed by atoms with Crippen molar-refractivity contribution in [2.24, 2.45) is 0 Å². The Morgan fingerprint density at radius 2 is 1.90 bits per heavy atom. The summed E-state index contributed by atoms with van der Waals surface area (Å²) in [5.74, 6) is 2.13. The second kappa shape index (κ2) is 7.25. The van der Waals surface area contributed by atoms with Crippen molar-refractivity contribution in [2.45, 2.75) is 51.9 Å². The maximum Gasteiger partial charge on any atom is 0.118 e. The highest BCUT2D eigenvalue weighted by Gasteiger charge is 2.21. The molecule has 1 fully saturated rings. The van der Waals surface area contributed by atoms with Crippen molar-refractivity contribution >= 4 is 0 Å². The number of nitrogens with one attached hydrogen (secondary N) is 1. The average Bonchev–Trinajstić information content (AvgIpc) is 2.84. The number of furan rings is 1. The quantitative estimate of drug-likeness (QED) is 0.866. The molecule has 20 heavy (non-hydrogen) atoms. The Morgan fingerprint density at radius 1 is 1.25 bits per heavy atom. The van der Waals surface area contributed by atoms with Crippen LogP contribution in [0.25, 0.3) is 0 Å². The van der Waals surface area contributed by atoms with Gasteiger partial charge >= 0.3 is 0 Å². The smallest absolute Gasteiger partial charge is 0.118 e. The fourth-order valence-electron chi connectivity index (χ4n) is 2.72. The largest absolute Gasteiger partial charge is 0.463 e. The van der Waals surface area contributed by atoms with Crippen LogP contribution in [0.5, 0.6) is 0 Å². The first kappa shape index (κ1) is 15.5. The normalized spacial score (nSPS) is 18.3. The van der Waals surface area contributed by atoms with Gasteiger partial charge in [-0.2, -0.15) is 0 Å². The lowest BCUT2D eigenvalue weighted by atomic mass is 10.0. The number of hydrogen-bond donors (Lipinski definition) is 1. The SMILES string of the molecule is CC(C)NCc1ccc(CN2CCC(N(C)C)CC2)o1. The van der Waals surface area contributed by atoms with Gasteiger partial charge in [0.15, 0.2) is 0 Å². The molecule has 0 atom stereocenters. The van der Waals surface area contributed by atoms with E-state index in [9.17, 15) is 0 Å². The van der Waals surface area contributed by atoms with Crippen LogP contribution in [-0.4, -0.2) is 49.1 Å². The molecule has 1 saturated heterocycles. The molecule has 0 amide bonds. The van der Waals surface area contributed by atoms with Crippen molar-refractivity contribution in [3.63, 3.8) is 0 Å². The van der Waals surface area contributed by atoms with Gasteiger partial charge in [0.2, 0.25) is 0 Å². The second-order valence-electron chi connectivity index (χ2n) is 6.37. The molecule has 1 aliphatic rings. The summed E-state index contributed by atoms with van der Waals surface area (Å²) in [7, 11) is 4.36. The Morgan fingerprint density at radius 3 is 2.50 bits per heavy atom. The van der Waals surface area contributed by atoms with Gasteiger partial charge in [-0.15, -0.1) is 0 Å². The summed E-state index contributed by atoms with van der Waals surface area (Å²) in [5, 5.41) is 3.38. The van der Waals surface area contributed by atoms with Crippen molar-refractivity contribution in [2.75, 3.05) is 27.2 Å². The summed E-state index contributed by atoms with van der Waals surface area (Å²) in [4.78, 5) is 4.85. The highest BCUT2D eigenvalue weighted by molar-refractivity contribution is 5.07. The Hall–Kier alpha value is -0.840. The molecule has 2 heterocycles. The van der Waals surface area contributed by atoms with Gasteiger partial charge in [-0.05, 0) is 39.1 Å². The van der Waals surface area contributed by atoms with Gasteiger partial charge in [0, 0.05) is 25.2 Å². The fourth-order valence-corrected chi connectivity index (χ4v) is 2.72. The lowest BCUT2D eigenvalue weighted by Crippen LogP contribution is -2.41. The summed E-state index contributed by atoms with van der Waals surface area (Å²) in [6.07, 6.45) is 2.52. The number of likely N-dealkylation sites (tertiary alicyclic amines) is 1. The fraction of sp³-hybridized carbons (Fsp3) is 0.750. The van der Waals surface area contributed by atoms with Crippen molar-refractivity contribution in [3.8, 4) is 0 Å². The van der Waals surface area contributed by atoms with Crippen molar-refractivity contribution < 1.29 is 4.42 Å². The van der Waals surface area contributed by atoms with Gasteiger partial charge in [0.25, 0.3) is 0 Å². The van der Waals surface area contributed by atoms with E-state index in [2.05, 4.69) is 55.2 Å². The van der Waals surface area contributed by atoms with E-state index in [4.69, 9.17) is 4.42 Å². The number of nitrogens with zero attached hydrogens (tertiary/aromatic N) is 2. The molecular formula is C16H29N3O. The third-order valence-electron chi connectivity index (χ3n) is 4.07. The van der Waals surface area contributed by atoms with Crippen LogP contribution in [0.1, 0.15) is 38.2 Å². The topological polar surface area (TPSA) is 31.6 Å². The molecule has 0 saturated carbocycles. The molecule has 0 radical (unpaired) electrons. The Balaban J connectivity index is 1.77. The van der Waals surface area contributed by atoms with Crippen LogP contribution in [0.4, 0.5) is 0 Å². The molecule has 0 unspecified atom stereocenters. The first-order valence-corrected chi connectivity index (χ1v) is 7.74. The Kier molecular flexibility index (Phi) is 5.64. The summed E-state index contributed by atoms with van der Waals surface area (Å²) in [6, 6.07) is 5.45. The van der Waals surface area contributed by atoms with Gasteiger partial charge in [-0.1, -0.05) is 13.8 Å². The van der Waals surface area contributed by atoms with Crippen molar-refractivity contribution in [1.29, 1.82) is 0 Å². The van der Waals surface area contributed by atoms with E-state index < -0.39 is 0 Å². The maximum absolute atomic E-state index is 5.90. The number of piperidine rings is 1. The third-order valence-corrected chi connectivity index (χ3v) is 4.07. The predicted octanol–water partition coefficient (Wildman–Crippen LogP) is 2.30. The van der Waals surface area contributed by atoms with Crippen LogP contribution in [0.3, 0.4) is 0 Å². The third kappa shape index (κ3) is 4.62. The van der Waals surface area contributed by atoms with E-state index in [1.807, 2.05) is 0 Å². The van der Waals surface area contributed by atoms with Gasteiger partial charge in [0.1, 0.15) is 11.5 Å². The summed E-state index contributed by atoms with van der Waals surface area (Å²) < 4.78 is 5.90. The standard InChI is InChI=1S/C16H29N3O/c1-13(2)17-11-15-5-6-16(20-15)12-19-9-7-14(8-10-19)18(3)4/h5-6,13-14,17H,7-12H2,1-4H3. The minimum atomic E-state index is 0.494. The highest BCUT2D eigenvalue weighted by Crippen LogP contribution is 2.17. The summed E-state index contributed by atoms with van der Waals surface area (Å²) in [5.41, 5.74) is 0. The maximum atomic E-state index is 5.90. The molecule has 0 aliphatic carbocycles. The molecule has 114 valence electrons. The minimum Gasteiger partial charge on any atom is -0.463 e. The lowest BCUT2D eigenvalue weighted by Gasteiger charge is -2.34. The lowest BCUT2D eigenvalue weighted by molar-refractivity contribution is 0.133. The van der Waals surface area contributed by atoms with Gasteiger partial charge < -0.3 is 14.6 Å². The first-order valence-electron chi connectivity index (χ1n) is 7.74. The molecule has 2 rings (SSSR count). The monoisotopic (exact) mass is 279 g/mol. The van der Waals surface area contributed by atoms with Crippen LogP contribution in [0.15, 0.2) is 16.5 Å². The minimum absolute atomic E-state index is 0.494. The van der Waals surface area contributed by atoms with Crippen molar-refractivity contribution in [3.05, 3.63) is 23.7 Å². The highest BCUT2D eigenvalue weighted by atomic mass is 16.3. The van der Waals surface area contributed by atoms with Gasteiger partial charge in [0.05, 0.1) is 13.1 Å². The van der Waals surface area contributed by atoms with Gasteiger partial charge in [-0.3, -0.25) is 4.90 Å². The first-order chi connectivity index (χ1) is 9.54. The molecule has 4 nitrogen and oxygen atoms in total.